The molecule has 0 bridgehead atoms. The molecule has 19 heavy (non-hydrogen) atoms. The molecule has 1 aromatic rings. The van der Waals surface area contributed by atoms with Gasteiger partial charge in [-0.15, -0.1) is 0 Å². The number of rotatable bonds is 6. The lowest BCUT2D eigenvalue weighted by Gasteiger charge is -2.19. The smallest absolute Gasteiger partial charge is 0.125 e. The SMILES string of the molecule is CC(C)Oc1ccccc1C(O)CCC1CCCC1. The maximum atomic E-state index is 10.4. The van der Waals surface area contributed by atoms with E-state index in [1.165, 1.54) is 25.7 Å². The maximum Gasteiger partial charge on any atom is 0.125 e. The molecule has 2 heteroatoms. The Balaban J connectivity index is 1.95. The second kappa shape index (κ2) is 6.95. The van der Waals surface area contributed by atoms with Crippen LogP contribution < -0.4 is 4.74 Å². The molecule has 0 amide bonds. The van der Waals surface area contributed by atoms with Crippen molar-refractivity contribution in [3.63, 3.8) is 0 Å². The third kappa shape index (κ3) is 4.24. The number of para-hydroxylation sites is 1. The molecule has 1 aliphatic carbocycles. The summed E-state index contributed by atoms with van der Waals surface area (Å²) in [6.07, 6.45) is 7.16. The molecule has 106 valence electrons. The fourth-order valence-corrected chi connectivity index (χ4v) is 2.97. The van der Waals surface area contributed by atoms with E-state index in [9.17, 15) is 5.11 Å². The van der Waals surface area contributed by atoms with E-state index in [0.29, 0.717) is 0 Å². The highest BCUT2D eigenvalue weighted by Gasteiger charge is 2.19. The predicted octanol–water partition coefficient (Wildman–Crippen LogP) is 4.48. The van der Waals surface area contributed by atoms with E-state index in [2.05, 4.69) is 0 Å². The average Bonchev–Trinajstić information content (AvgIpc) is 2.89. The first kappa shape index (κ1) is 14.4. The predicted molar refractivity (Wildman–Crippen MR) is 78.4 cm³/mol. The van der Waals surface area contributed by atoms with Crippen LogP contribution in [0.25, 0.3) is 0 Å². The van der Waals surface area contributed by atoms with Gasteiger partial charge in [0.15, 0.2) is 0 Å². The Morgan fingerprint density at radius 1 is 1.21 bits per heavy atom. The van der Waals surface area contributed by atoms with Crippen LogP contribution in [0.5, 0.6) is 5.75 Å². The molecule has 0 heterocycles. The average molecular weight is 262 g/mol. The summed E-state index contributed by atoms with van der Waals surface area (Å²) >= 11 is 0. The Morgan fingerprint density at radius 3 is 2.58 bits per heavy atom. The Hall–Kier alpha value is -1.02. The summed E-state index contributed by atoms with van der Waals surface area (Å²) < 4.78 is 5.78. The van der Waals surface area contributed by atoms with Crippen LogP contribution in [0.4, 0.5) is 0 Å². The lowest BCUT2D eigenvalue weighted by atomic mass is 9.96. The van der Waals surface area contributed by atoms with Crippen molar-refractivity contribution in [3.8, 4) is 5.75 Å². The van der Waals surface area contributed by atoms with Gasteiger partial charge in [0.25, 0.3) is 0 Å². The topological polar surface area (TPSA) is 29.5 Å². The molecule has 0 spiro atoms. The summed E-state index contributed by atoms with van der Waals surface area (Å²) in [5.41, 5.74) is 0.939. The van der Waals surface area contributed by atoms with Crippen LogP contribution in [0, 0.1) is 5.92 Å². The molecule has 1 saturated carbocycles. The Labute approximate surface area is 116 Å². The van der Waals surface area contributed by atoms with E-state index in [1.54, 1.807) is 0 Å². The van der Waals surface area contributed by atoms with Crippen molar-refractivity contribution in [3.05, 3.63) is 29.8 Å². The second-order valence-corrected chi connectivity index (χ2v) is 5.95. The summed E-state index contributed by atoms with van der Waals surface area (Å²) in [4.78, 5) is 0. The van der Waals surface area contributed by atoms with Gasteiger partial charge in [-0.3, -0.25) is 0 Å². The normalized spacial score (nSPS) is 17.9. The molecule has 1 aromatic carbocycles. The molecular weight excluding hydrogens is 236 g/mol. The Kier molecular flexibility index (Phi) is 5.26. The minimum Gasteiger partial charge on any atom is -0.491 e. The third-order valence-corrected chi connectivity index (χ3v) is 3.96. The highest BCUT2D eigenvalue weighted by molar-refractivity contribution is 5.35. The van der Waals surface area contributed by atoms with E-state index in [0.717, 1.165) is 30.1 Å². The fraction of sp³-hybridized carbons (Fsp3) is 0.647. The minimum absolute atomic E-state index is 0.142. The van der Waals surface area contributed by atoms with E-state index < -0.39 is 6.10 Å². The van der Waals surface area contributed by atoms with E-state index in [1.807, 2.05) is 38.1 Å². The fourth-order valence-electron chi connectivity index (χ4n) is 2.97. The number of benzene rings is 1. The molecule has 0 radical (unpaired) electrons. The molecule has 1 atom stereocenters. The van der Waals surface area contributed by atoms with Crippen molar-refractivity contribution < 1.29 is 9.84 Å². The molecule has 1 fully saturated rings. The summed E-state index contributed by atoms with van der Waals surface area (Å²) in [7, 11) is 0. The molecule has 2 rings (SSSR count). The molecule has 1 N–H and O–H groups in total. The van der Waals surface area contributed by atoms with Gasteiger partial charge in [0.2, 0.25) is 0 Å². The van der Waals surface area contributed by atoms with Crippen LogP contribution in [0.3, 0.4) is 0 Å². The zero-order chi connectivity index (χ0) is 13.7. The zero-order valence-electron chi connectivity index (χ0n) is 12.1. The van der Waals surface area contributed by atoms with E-state index in [4.69, 9.17) is 4.74 Å². The summed E-state index contributed by atoms with van der Waals surface area (Å²) in [6.45, 7) is 4.03. The molecular formula is C17H26O2. The van der Waals surface area contributed by atoms with E-state index in [-0.39, 0.29) is 6.10 Å². The maximum absolute atomic E-state index is 10.4. The number of hydrogen-bond acceptors (Lipinski definition) is 2. The van der Waals surface area contributed by atoms with Crippen LogP contribution >= 0.6 is 0 Å². The molecule has 0 aliphatic heterocycles. The van der Waals surface area contributed by atoms with Crippen LogP contribution in [0.15, 0.2) is 24.3 Å². The highest BCUT2D eigenvalue weighted by Crippen LogP contribution is 2.34. The number of ether oxygens (including phenoxy) is 1. The first-order chi connectivity index (χ1) is 9.16. The standard InChI is InChI=1S/C17H26O2/c1-13(2)19-17-10-6-5-9-15(17)16(18)12-11-14-7-3-4-8-14/h5-6,9-10,13-14,16,18H,3-4,7-8,11-12H2,1-2H3. The lowest BCUT2D eigenvalue weighted by molar-refractivity contribution is 0.147. The molecule has 2 nitrogen and oxygen atoms in total. The van der Waals surface area contributed by atoms with Crippen molar-refractivity contribution in [1.82, 2.24) is 0 Å². The van der Waals surface area contributed by atoms with Gasteiger partial charge in [-0.2, -0.15) is 0 Å². The van der Waals surface area contributed by atoms with Crippen molar-refractivity contribution in [2.45, 2.75) is 64.6 Å². The van der Waals surface area contributed by atoms with Crippen LogP contribution in [-0.2, 0) is 0 Å². The highest BCUT2D eigenvalue weighted by atomic mass is 16.5. The summed E-state index contributed by atoms with van der Waals surface area (Å²) in [6, 6.07) is 7.87. The van der Waals surface area contributed by atoms with Gasteiger partial charge in [-0.1, -0.05) is 43.9 Å². The quantitative estimate of drug-likeness (QED) is 0.819. The van der Waals surface area contributed by atoms with Crippen LogP contribution in [-0.4, -0.2) is 11.2 Å². The first-order valence-corrected chi connectivity index (χ1v) is 7.60. The summed E-state index contributed by atoms with van der Waals surface area (Å²) in [5, 5.41) is 10.4. The lowest BCUT2D eigenvalue weighted by Crippen LogP contribution is -2.10. The van der Waals surface area contributed by atoms with E-state index >= 15 is 0 Å². The second-order valence-electron chi connectivity index (χ2n) is 5.95. The van der Waals surface area contributed by atoms with Crippen LogP contribution in [0.2, 0.25) is 0 Å². The first-order valence-electron chi connectivity index (χ1n) is 7.60. The molecule has 1 unspecified atom stereocenters. The Morgan fingerprint density at radius 2 is 1.89 bits per heavy atom. The van der Waals surface area contributed by atoms with Crippen molar-refractivity contribution >= 4 is 0 Å². The monoisotopic (exact) mass is 262 g/mol. The van der Waals surface area contributed by atoms with Gasteiger partial charge in [-0.25, -0.2) is 0 Å². The van der Waals surface area contributed by atoms with Gasteiger partial charge in [0, 0.05) is 5.56 Å². The van der Waals surface area contributed by atoms with Crippen molar-refractivity contribution in [1.29, 1.82) is 0 Å². The molecule has 0 aromatic heterocycles. The van der Waals surface area contributed by atoms with Gasteiger partial charge in [0.1, 0.15) is 5.75 Å². The third-order valence-electron chi connectivity index (χ3n) is 3.96. The largest absolute Gasteiger partial charge is 0.491 e. The Bertz CT molecular complexity index is 381. The number of aliphatic hydroxyl groups is 1. The molecule has 1 aliphatic rings. The van der Waals surface area contributed by atoms with Crippen LogP contribution in [0.1, 0.15) is 64.0 Å². The van der Waals surface area contributed by atoms with Gasteiger partial charge < -0.3 is 9.84 Å². The summed E-state index contributed by atoms with van der Waals surface area (Å²) in [5.74, 6) is 1.66. The van der Waals surface area contributed by atoms with Gasteiger partial charge in [-0.05, 0) is 38.7 Å². The van der Waals surface area contributed by atoms with Gasteiger partial charge in [0.05, 0.1) is 12.2 Å². The van der Waals surface area contributed by atoms with Gasteiger partial charge >= 0.3 is 0 Å². The number of aliphatic hydroxyl groups excluding tert-OH is 1. The number of hydrogen-bond donors (Lipinski definition) is 1. The molecule has 0 saturated heterocycles. The zero-order valence-corrected chi connectivity index (χ0v) is 12.1. The minimum atomic E-state index is -0.393. The van der Waals surface area contributed by atoms with Crippen molar-refractivity contribution in [2.75, 3.05) is 0 Å². The van der Waals surface area contributed by atoms with Crippen molar-refractivity contribution in [2.24, 2.45) is 5.92 Å².